The number of amides is 1. The predicted molar refractivity (Wildman–Crippen MR) is 137 cm³/mol. The SMILES string of the molecule is COc1ccc(-c2noc(CCC(=O)NC(C)CCN3CCN(c4cccc(C)c4)CC3)n2)cc1. The third kappa shape index (κ3) is 7.05. The molecule has 1 N–H and O–H groups in total. The van der Waals surface area contributed by atoms with Gasteiger partial charge in [0.2, 0.25) is 17.6 Å². The van der Waals surface area contributed by atoms with Crippen LogP contribution in [0.2, 0.25) is 0 Å². The van der Waals surface area contributed by atoms with E-state index in [0.29, 0.717) is 24.6 Å². The second-order valence-corrected chi connectivity index (χ2v) is 9.17. The first-order valence-electron chi connectivity index (χ1n) is 12.3. The highest BCUT2D eigenvalue weighted by Gasteiger charge is 2.18. The summed E-state index contributed by atoms with van der Waals surface area (Å²) in [4.78, 5) is 21.8. The molecule has 4 rings (SSSR count). The van der Waals surface area contributed by atoms with Crippen LogP contribution in [0.15, 0.2) is 53.1 Å². The maximum absolute atomic E-state index is 12.4. The predicted octanol–water partition coefficient (Wildman–Crippen LogP) is 3.70. The zero-order valence-electron chi connectivity index (χ0n) is 20.9. The number of nitrogens with zero attached hydrogens (tertiary/aromatic N) is 4. The van der Waals surface area contributed by atoms with Crippen molar-refractivity contribution in [3.05, 3.63) is 60.0 Å². The highest BCUT2D eigenvalue weighted by atomic mass is 16.5. The van der Waals surface area contributed by atoms with Crippen LogP contribution >= 0.6 is 0 Å². The summed E-state index contributed by atoms with van der Waals surface area (Å²) in [5, 5.41) is 7.13. The molecule has 0 bridgehead atoms. The zero-order chi connectivity index (χ0) is 24.6. The van der Waals surface area contributed by atoms with Gasteiger partial charge in [0.1, 0.15) is 5.75 Å². The summed E-state index contributed by atoms with van der Waals surface area (Å²) in [6.07, 6.45) is 1.67. The number of carbonyl (C=O) groups is 1. The smallest absolute Gasteiger partial charge is 0.227 e. The number of ether oxygens (including phenoxy) is 1. The van der Waals surface area contributed by atoms with Crippen molar-refractivity contribution >= 4 is 11.6 Å². The number of hydrogen-bond donors (Lipinski definition) is 1. The summed E-state index contributed by atoms with van der Waals surface area (Å²) < 4.78 is 10.5. The zero-order valence-corrected chi connectivity index (χ0v) is 20.9. The summed E-state index contributed by atoms with van der Waals surface area (Å²) in [6, 6.07) is 16.3. The Hall–Kier alpha value is -3.39. The summed E-state index contributed by atoms with van der Waals surface area (Å²) in [5.74, 6) is 1.75. The molecule has 0 saturated carbocycles. The molecule has 2 heterocycles. The molecule has 1 aromatic heterocycles. The van der Waals surface area contributed by atoms with Crippen molar-refractivity contribution in [2.45, 2.75) is 39.2 Å². The molecule has 0 aliphatic carbocycles. The van der Waals surface area contributed by atoms with Crippen LogP contribution in [0.1, 0.15) is 31.2 Å². The Morgan fingerprint density at radius 3 is 2.63 bits per heavy atom. The molecule has 1 amide bonds. The number of nitrogens with one attached hydrogen (secondary N) is 1. The van der Waals surface area contributed by atoms with Crippen LogP contribution in [-0.2, 0) is 11.2 Å². The molecule has 8 heteroatoms. The third-order valence-corrected chi connectivity index (χ3v) is 6.41. The van der Waals surface area contributed by atoms with Gasteiger partial charge in [-0.25, -0.2) is 0 Å². The minimum Gasteiger partial charge on any atom is -0.497 e. The highest BCUT2D eigenvalue weighted by Crippen LogP contribution is 2.20. The van der Waals surface area contributed by atoms with E-state index in [4.69, 9.17) is 9.26 Å². The molecule has 3 aromatic rings. The highest BCUT2D eigenvalue weighted by molar-refractivity contribution is 5.76. The number of benzene rings is 2. The molecular weight excluding hydrogens is 442 g/mol. The van der Waals surface area contributed by atoms with Crippen molar-refractivity contribution in [3.8, 4) is 17.1 Å². The van der Waals surface area contributed by atoms with Crippen molar-refractivity contribution in [1.82, 2.24) is 20.4 Å². The molecule has 0 spiro atoms. The normalized spacial score (nSPS) is 15.1. The standard InChI is InChI=1S/C27H35N5O3/c1-20-5-4-6-23(19-20)32-17-15-31(16-18-32)14-13-21(2)28-25(33)11-12-26-29-27(30-35-26)22-7-9-24(34-3)10-8-22/h4-10,19,21H,11-18H2,1-3H3,(H,28,33). The number of hydrogen-bond acceptors (Lipinski definition) is 7. The van der Waals surface area contributed by atoms with Gasteiger partial charge >= 0.3 is 0 Å². The van der Waals surface area contributed by atoms with E-state index in [1.54, 1.807) is 7.11 Å². The summed E-state index contributed by atoms with van der Waals surface area (Å²) >= 11 is 0. The van der Waals surface area contributed by atoms with Crippen molar-refractivity contribution in [2.75, 3.05) is 44.7 Å². The lowest BCUT2D eigenvalue weighted by Crippen LogP contribution is -2.47. The third-order valence-electron chi connectivity index (χ3n) is 6.41. The molecule has 8 nitrogen and oxygen atoms in total. The first-order chi connectivity index (χ1) is 17.0. The second-order valence-electron chi connectivity index (χ2n) is 9.17. The van der Waals surface area contributed by atoms with E-state index in [1.165, 1.54) is 11.3 Å². The number of aromatic nitrogens is 2. The number of rotatable bonds is 10. The number of piperazine rings is 1. The summed E-state index contributed by atoms with van der Waals surface area (Å²) in [6.45, 7) is 9.34. The van der Waals surface area contributed by atoms with Crippen molar-refractivity contribution in [2.24, 2.45) is 0 Å². The van der Waals surface area contributed by atoms with Crippen LogP contribution in [0.25, 0.3) is 11.4 Å². The first kappa shape index (κ1) is 24.7. The summed E-state index contributed by atoms with van der Waals surface area (Å²) in [5.41, 5.74) is 3.45. The fourth-order valence-corrected chi connectivity index (χ4v) is 4.28. The number of anilines is 1. The van der Waals surface area contributed by atoms with Gasteiger partial charge in [-0.05, 0) is 62.2 Å². The Labute approximate surface area is 207 Å². The molecule has 1 aliphatic heterocycles. The largest absolute Gasteiger partial charge is 0.497 e. The Morgan fingerprint density at radius 2 is 1.91 bits per heavy atom. The van der Waals surface area contributed by atoms with Gasteiger partial charge in [0, 0.05) is 62.9 Å². The second kappa shape index (κ2) is 11.8. The lowest BCUT2D eigenvalue weighted by Gasteiger charge is -2.36. The Bertz CT molecular complexity index is 1090. The van der Waals surface area contributed by atoms with Crippen LogP contribution < -0.4 is 15.0 Å². The monoisotopic (exact) mass is 477 g/mol. The van der Waals surface area contributed by atoms with E-state index >= 15 is 0 Å². The Morgan fingerprint density at radius 1 is 1.14 bits per heavy atom. The van der Waals surface area contributed by atoms with Gasteiger partial charge in [0.05, 0.1) is 7.11 Å². The minimum atomic E-state index is 0.00552. The van der Waals surface area contributed by atoms with E-state index in [0.717, 1.165) is 50.5 Å². The molecule has 2 aromatic carbocycles. The van der Waals surface area contributed by atoms with Crippen LogP contribution in [0.5, 0.6) is 5.75 Å². The Kier molecular flexibility index (Phi) is 8.36. The average Bonchev–Trinajstić information content (AvgIpc) is 3.36. The van der Waals surface area contributed by atoms with E-state index in [2.05, 4.69) is 63.4 Å². The van der Waals surface area contributed by atoms with E-state index in [-0.39, 0.29) is 11.9 Å². The van der Waals surface area contributed by atoms with Crippen LogP contribution in [0.3, 0.4) is 0 Å². The van der Waals surface area contributed by atoms with Crippen LogP contribution in [0, 0.1) is 6.92 Å². The van der Waals surface area contributed by atoms with Gasteiger partial charge in [-0.3, -0.25) is 9.69 Å². The molecule has 1 aliphatic rings. The van der Waals surface area contributed by atoms with Gasteiger partial charge in [-0.2, -0.15) is 4.98 Å². The lowest BCUT2D eigenvalue weighted by molar-refractivity contribution is -0.121. The van der Waals surface area contributed by atoms with E-state index < -0.39 is 0 Å². The van der Waals surface area contributed by atoms with Crippen molar-refractivity contribution < 1.29 is 14.1 Å². The number of methoxy groups -OCH3 is 1. The van der Waals surface area contributed by atoms with Gasteiger partial charge in [0.25, 0.3) is 0 Å². The van der Waals surface area contributed by atoms with Crippen LogP contribution in [-0.4, -0.2) is 66.8 Å². The van der Waals surface area contributed by atoms with Crippen LogP contribution in [0.4, 0.5) is 5.69 Å². The first-order valence-corrected chi connectivity index (χ1v) is 12.3. The van der Waals surface area contributed by atoms with Crippen molar-refractivity contribution in [1.29, 1.82) is 0 Å². The maximum atomic E-state index is 12.4. The average molecular weight is 478 g/mol. The molecular formula is C27H35N5O3. The Balaban J connectivity index is 1.14. The fourth-order valence-electron chi connectivity index (χ4n) is 4.28. The van der Waals surface area contributed by atoms with E-state index in [9.17, 15) is 4.79 Å². The topological polar surface area (TPSA) is 83.7 Å². The number of carbonyl (C=O) groups excluding carboxylic acids is 1. The maximum Gasteiger partial charge on any atom is 0.227 e. The molecule has 0 radical (unpaired) electrons. The molecule has 1 saturated heterocycles. The molecule has 1 atom stereocenters. The quantitative estimate of drug-likeness (QED) is 0.477. The lowest BCUT2D eigenvalue weighted by atomic mass is 10.1. The summed E-state index contributed by atoms with van der Waals surface area (Å²) in [7, 11) is 1.63. The fraction of sp³-hybridized carbons (Fsp3) is 0.444. The van der Waals surface area contributed by atoms with Crippen molar-refractivity contribution in [3.63, 3.8) is 0 Å². The van der Waals surface area contributed by atoms with Gasteiger partial charge < -0.3 is 19.5 Å². The molecule has 1 fully saturated rings. The molecule has 1 unspecified atom stereocenters. The van der Waals surface area contributed by atoms with Gasteiger partial charge in [-0.15, -0.1) is 0 Å². The van der Waals surface area contributed by atoms with Gasteiger partial charge in [0.15, 0.2) is 0 Å². The molecule has 35 heavy (non-hydrogen) atoms. The number of aryl methyl sites for hydroxylation is 2. The molecule has 186 valence electrons. The van der Waals surface area contributed by atoms with Gasteiger partial charge in [-0.1, -0.05) is 17.3 Å². The van der Waals surface area contributed by atoms with E-state index in [1.807, 2.05) is 24.3 Å². The minimum absolute atomic E-state index is 0.00552.